The Morgan fingerprint density at radius 3 is 2.56 bits per heavy atom. The highest BCUT2D eigenvalue weighted by molar-refractivity contribution is 5.80. The number of ether oxygens (including phenoxy) is 1. The van der Waals surface area contributed by atoms with Crippen molar-refractivity contribution in [3.8, 4) is 0 Å². The number of carbonyl (C=O) groups excluding carboxylic acids is 1. The van der Waals surface area contributed by atoms with Gasteiger partial charge in [-0.3, -0.25) is 14.9 Å². The van der Waals surface area contributed by atoms with E-state index in [-0.39, 0.29) is 17.6 Å². The first kappa shape index (κ1) is 20.7. The van der Waals surface area contributed by atoms with Crippen molar-refractivity contribution in [1.29, 1.82) is 0 Å². The summed E-state index contributed by atoms with van der Waals surface area (Å²) in [6.07, 6.45) is 3.64. The van der Waals surface area contributed by atoms with Crippen molar-refractivity contribution in [3.63, 3.8) is 0 Å². The van der Waals surface area contributed by atoms with Crippen LogP contribution in [-0.4, -0.2) is 48.5 Å². The summed E-state index contributed by atoms with van der Waals surface area (Å²) in [5.41, 5.74) is 0.994. The second-order valence-electron chi connectivity index (χ2n) is 6.63. The Morgan fingerprint density at radius 1 is 1.33 bits per heavy atom. The molecule has 1 N–H and O–H groups in total. The van der Waals surface area contributed by atoms with E-state index in [2.05, 4.69) is 17.1 Å². The second kappa shape index (κ2) is 10.5. The van der Waals surface area contributed by atoms with E-state index >= 15 is 0 Å². The van der Waals surface area contributed by atoms with E-state index in [1.807, 2.05) is 0 Å². The number of hydrogen-bond donors (Lipinski definition) is 1. The Balaban J connectivity index is 2.01. The molecule has 0 bridgehead atoms. The van der Waals surface area contributed by atoms with Gasteiger partial charge in [0, 0.05) is 31.8 Å². The molecule has 1 heterocycles. The summed E-state index contributed by atoms with van der Waals surface area (Å²) in [5.74, 6) is 0.640. The van der Waals surface area contributed by atoms with Crippen LogP contribution in [0.25, 0.3) is 0 Å². The second-order valence-corrected chi connectivity index (χ2v) is 6.63. The number of piperidine rings is 1. The third-order valence-electron chi connectivity index (χ3n) is 4.70. The van der Waals surface area contributed by atoms with E-state index in [9.17, 15) is 14.9 Å². The van der Waals surface area contributed by atoms with Crippen LogP contribution in [0.3, 0.4) is 0 Å². The summed E-state index contributed by atoms with van der Waals surface area (Å²) in [5, 5.41) is 14.2. The van der Waals surface area contributed by atoms with Gasteiger partial charge in [0.25, 0.3) is 5.69 Å². The minimum atomic E-state index is -0.407. The van der Waals surface area contributed by atoms with E-state index in [0.717, 1.165) is 56.8 Å². The van der Waals surface area contributed by atoms with Gasteiger partial charge in [0.05, 0.1) is 24.5 Å². The summed E-state index contributed by atoms with van der Waals surface area (Å²) >= 11 is 0. The van der Waals surface area contributed by atoms with Gasteiger partial charge in [0.1, 0.15) is 0 Å². The number of aliphatic imine (C=N–C) groups is 1. The fourth-order valence-electron chi connectivity index (χ4n) is 3.03. The lowest BCUT2D eigenvalue weighted by atomic mass is 9.97. The van der Waals surface area contributed by atoms with Crippen LogP contribution in [0.1, 0.15) is 38.2 Å². The number of unbranched alkanes of at least 4 members (excludes halogenated alkanes) is 1. The summed E-state index contributed by atoms with van der Waals surface area (Å²) in [6.45, 7) is 4.92. The van der Waals surface area contributed by atoms with Gasteiger partial charge >= 0.3 is 5.97 Å². The van der Waals surface area contributed by atoms with E-state index in [0.29, 0.717) is 6.54 Å². The minimum Gasteiger partial charge on any atom is -0.469 e. The molecule has 0 amide bonds. The molecule has 0 unspecified atom stereocenters. The highest BCUT2D eigenvalue weighted by atomic mass is 16.6. The highest BCUT2D eigenvalue weighted by Crippen LogP contribution is 2.19. The van der Waals surface area contributed by atoms with Crippen LogP contribution in [0.5, 0.6) is 0 Å². The molecule has 1 aromatic rings. The van der Waals surface area contributed by atoms with Gasteiger partial charge in [-0.15, -0.1) is 0 Å². The van der Waals surface area contributed by atoms with Crippen molar-refractivity contribution in [2.45, 2.75) is 39.2 Å². The van der Waals surface area contributed by atoms with Gasteiger partial charge in [-0.05, 0) is 24.8 Å². The molecule has 1 aromatic carbocycles. The van der Waals surface area contributed by atoms with Crippen LogP contribution >= 0.6 is 0 Å². The molecule has 1 aliphatic heterocycles. The molecular formula is C19H28N4O4. The number of nitro groups is 1. The van der Waals surface area contributed by atoms with E-state index in [1.165, 1.54) is 19.2 Å². The molecule has 2 rings (SSSR count). The largest absolute Gasteiger partial charge is 0.469 e. The molecule has 27 heavy (non-hydrogen) atoms. The van der Waals surface area contributed by atoms with Crippen molar-refractivity contribution in [1.82, 2.24) is 10.2 Å². The Labute approximate surface area is 159 Å². The zero-order valence-corrected chi connectivity index (χ0v) is 16.0. The van der Waals surface area contributed by atoms with Gasteiger partial charge < -0.3 is 15.0 Å². The highest BCUT2D eigenvalue weighted by Gasteiger charge is 2.27. The maximum atomic E-state index is 11.7. The molecule has 0 radical (unpaired) electrons. The van der Waals surface area contributed by atoms with Crippen LogP contribution < -0.4 is 5.32 Å². The number of nitrogens with one attached hydrogen (secondary N) is 1. The zero-order valence-electron chi connectivity index (χ0n) is 16.0. The number of benzene rings is 1. The quantitative estimate of drug-likeness (QED) is 0.196. The first-order valence-corrected chi connectivity index (χ1v) is 9.39. The molecule has 8 heteroatoms. The zero-order chi connectivity index (χ0) is 19.6. The lowest BCUT2D eigenvalue weighted by Crippen LogP contribution is -2.47. The molecule has 0 spiro atoms. The number of guanidine groups is 1. The molecule has 0 aromatic heterocycles. The number of nitro benzene ring substituents is 1. The van der Waals surface area contributed by atoms with Crippen LogP contribution in [0, 0.1) is 16.0 Å². The number of rotatable bonds is 7. The average molecular weight is 376 g/mol. The van der Waals surface area contributed by atoms with Crippen molar-refractivity contribution in [2.24, 2.45) is 10.9 Å². The number of methoxy groups -OCH3 is 1. The van der Waals surface area contributed by atoms with Gasteiger partial charge in [0.2, 0.25) is 0 Å². The number of carbonyl (C=O) groups is 1. The molecule has 1 fully saturated rings. The number of esters is 1. The van der Waals surface area contributed by atoms with Crippen molar-refractivity contribution >= 4 is 17.6 Å². The maximum Gasteiger partial charge on any atom is 0.308 e. The predicted octanol–water partition coefficient (Wildman–Crippen LogP) is 2.73. The molecule has 148 valence electrons. The molecule has 0 saturated carbocycles. The Bertz CT molecular complexity index is 652. The van der Waals surface area contributed by atoms with Crippen molar-refractivity contribution in [3.05, 3.63) is 39.9 Å². The fourth-order valence-corrected chi connectivity index (χ4v) is 3.03. The summed E-state index contributed by atoms with van der Waals surface area (Å²) in [6, 6.07) is 6.46. The predicted molar refractivity (Wildman–Crippen MR) is 103 cm³/mol. The number of nitrogens with zero attached hydrogens (tertiary/aromatic N) is 3. The van der Waals surface area contributed by atoms with Gasteiger partial charge in [-0.1, -0.05) is 25.5 Å². The molecule has 1 saturated heterocycles. The van der Waals surface area contributed by atoms with Crippen molar-refractivity contribution < 1.29 is 14.5 Å². The molecule has 0 aliphatic carbocycles. The van der Waals surface area contributed by atoms with Crippen LogP contribution in [0.15, 0.2) is 29.3 Å². The van der Waals surface area contributed by atoms with Gasteiger partial charge in [0.15, 0.2) is 5.96 Å². The van der Waals surface area contributed by atoms with Gasteiger partial charge in [-0.25, -0.2) is 4.99 Å². The Kier molecular flexibility index (Phi) is 8.03. The first-order valence-electron chi connectivity index (χ1n) is 9.39. The van der Waals surface area contributed by atoms with Crippen LogP contribution in [-0.2, 0) is 16.1 Å². The fraction of sp³-hybridized carbons (Fsp3) is 0.579. The molecular weight excluding hydrogens is 348 g/mol. The lowest BCUT2D eigenvalue weighted by Gasteiger charge is -2.33. The molecule has 8 nitrogen and oxygen atoms in total. The number of non-ortho nitro benzene ring substituents is 1. The average Bonchev–Trinajstić information content (AvgIpc) is 2.70. The minimum absolute atomic E-state index is 0.0437. The smallest absolute Gasteiger partial charge is 0.308 e. The third kappa shape index (κ3) is 6.23. The normalized spacial score (nSPS) is 15.5. The summed E-state index contributed by atoms with van der Waals surface area (Å²) in [4.78, 5) is 28.9. The van der Waals surface area contributed by atoms with Crippen LogP contribution in [0.2, 0.25) is 0 Å². The lowest BCUT2D eigenvalue weighted by molar-refractivity contribution is -0.384. The monoisotopic (exact) mass is 376 g/mol. The third-order valence-corrected chi connectivity index (χ3v) is 4.70. The standard InChI is InChI=1S/C19H28N4O4/c1-3-4-11-20-19(22-12-9-16(10-13-22)18(24)27-2)21-14-15-5-7-17(8-6-15)23(25)26/h5-8,16H,3-4,9-14H2,1-2H3,(H,20,21). The van der Waals surface area contributed by atoms with E-state index < -0.39 is 4.92 Å². The summed E-state index contributed by atoms with van der Waals surface area (Å²) in [7, 11) is 1.43. The summed E-state index contributed by atoms with van der Waals surface area (Å²) < 4.78 is 4.85. The van der Waals surface area contributed by atoms with Gasteiger partial charge in [-0.2, -0.15) is 0 Å². The SMILES string of the molecule is CCCCNC(=NCc1ccc([N+](=O)[O-])cc1)N1CCC(C(=O)OC)CC1. The number of likely N-dealkylation sites (tertiary alicyclic amines) is 1. The maximum absolute atomic E-state index is 11.7. The van der Waals surface area contributed by atoms with Crippen molar-refractivity contribution in [2.75, 3.05) is 26.7 Å². The van der Waals surface area contributed by atoms with E-state index in [1.54, 1.807) is 12.1 Å². The van der Waals surface area contributed by atoms with Crippen LogP contribution in [0.4, 0.5) is 5.69 Å². The number of hydrogen-bond acceptors (Lipinski definition) is 5. The molecule has 0 atom stereocenters. The Morgan fingerprint density at radius 2 is 2.00 bits per heavy atom. The Hall–Kier alpha value is -2.64. The first-order chi connectivity index (χ1) is 13.0. The topological polar surface area (TPSA) is 97.1 Å². The van der Waals surface area contributed by atoms with E-state index in [4.69, 9.17) is 9.73 Å². The molecule has 1 aliphatic rings.